The number of aromatic hydroxyl groups is 1. The Hall–Kier alpha value is -3.07. The smallest absolute Gasteiger partial charge is 0.341 e. The molecule has 0 radical (unpaired) electrons. The zero-order chi connectivity index (χ0) is 26.2. The van der Waals surface area contributed by atoms with E-state index in [2.05, 4.69) is 13.8 Å². The number of hydrogen-bond donors (Lipinski definition) is 1. The van der Waals surface area contributed by atoms with Crippen molar-refractivity contribution in [2.45, 2.75) is 31.2 Å². The molecule has 1 aliphatic rings. The van der Waals surface area contributed by atoms with E-state index < -0.39 is 16.0 Å². The van der Waals surface area contributed by atoms with E-state index in [9.17, 15) is 18.3 Å². The number of hydrogen-bond acceptors (Lipinski definition) is 6. The molecular formula is C27H29ClN2O5S. The standard InChI is InChI=1S/C27H29ClN2O5S/c1-17(2)12-20-16-30(19-8-6-5-7-9-19)24-15-23(28)21(14-26(24)36(33,34)29(20)3)18-10-11-25(31)22(13-18)27(32)35-4/h5-11,13-15,17,20,31H,12,16H2,1-4H3/t20-/m1/s1. The van der Waals surface area contributed by atoms with Gasteiger partial charge in [0.2, 0.25) is 10.0 Å². The fraction of sp³-hybridized carbons (Fsp3) is 0.296. The minimum Gasteiger partial charge on any atom is -0.507 e. The summed E-state index contributed by atoms with van der Waals surface area (Å²) in [6.07, 6.45) is 0.689. The van der Waals surface area contributed by atoms with Crippen molar-refractivity contribution in [2.75, 3.05) is 25.6 Å². The molecule has 0 fully saturated rings. The number of likely N-dealkylation sites (N-methyl/N-ethyl adjacent to an activating group) is 1. The second-order valence-electron chi connectivity index (χ2n) is 9.27. The summed E-state index contributed by atoms with van der Waals surface area (Å²) in [5.74, 6) is -0.658. The van der Waals surface area contributed by atoms with Crippen LogP contribution in [0, 0.1) is 5.92 Å². The molecule has 3 aromatic carbocycles. The Bertz CT molecular complexity index is 1390. The third-order valence-corrected chi connectivity index (χ3v) is 8.68. The molecule has 1 aliphatic heterocycles. The number of carbonyl (C=O) groups excluding carboxylic acids is 1. The number of phenolic OH excluding ortho intramolecular Hbond substituents is 1. The first-order chi connectivity index (χ1) is 17.0. The first-order valence-corrected chi connectivity index (χ1v) is 13.4. The molecule has 190 valence electrons. The molecule has 36 heavy (non-hydrogen) atoms. The van der Waals surface area contributed by atoms with Crippen molar-refractivity contribution in [3.8, 4) is 16.9 Å². The number of halogens is 1. The van der Waals surface area contributed by atoms with Crippen LogP contribution in [0.3, 0.4) is 0 Å². The van der Waals surface area contributed by atoms with Gasteiger partial charge in [0.25, 0.3) is 0 Å². The van der Waals surface area contributed by atoms with Gasteiger partial charge in [0.05, 0.1) is 17.8 Å². The van der Waals surface area contributed by atoms with Crippen molar-refractivity contribution in [1.29, 1.82) is 0 Å². The average Bonchev–Trinajstić information content (AvgIpc) is 2.92. The summed E-state index contributed by atoms with van der Waals surface area (Å²) in [5, 5.41) is 10.4. The third kappa shape index (κ3) is 4.81. The lowest BCUT2D eigenvalue weighted by molar-refractivity contribution is 0.0597. The van der Waals surface area contributed by atoms with Crippen molar-refractivity contribution >= 4 is 39.0 Å². The second-order valence-corrected chi connectivity index (χ2v) is 11.6. The number of rotatable bonds is 5. The van der Waals surface area contributed by atoms with Crippen molar-refractivity contribution in [1.82, 2.24) is 4.31 Å². The van der Waals surface area contributed by atoms with E-state index in [-0.39, 0.29) is 22.3 Å². The molecule has 1 heterocycles. The molecule has 0 unspecified atom stereocenters. The summed E-state index contributed by atoms with van der Waals surface area (Å²) >= 11 is 6.74. The zero-order valence-corrected chi connectivity index (χ0v) is 22.2. The molecule has 1 atom stereocenters. The summed E-state index contributed by atoms with van der Waals surface area (Å²) in [5.41, 5.74) is 2.21. The van der Waals surface area contributed by atoms with Crippen LogP contribution in [0.5, 0.6) is 5.75 Å². The molecule has 0 spiro atoms. The highest BCUT2D eigenvalue weighted by Crippen LogP contribution is 2.43. The number of esters is 1. The van der Waals surface area contributed by atoms with Gasteiger partial charge in [-0.25, -0.2) is 13.2 Å². The van der Waals surface area contributed by atoms with E-state index in [1.807, 2.05) is 35.2 Å². The topological polar surface area (TPSA) is 87.2 Å². The third-order valence-electron chi connectivity index (χ3n) is 6.43. The van der Waals surface area contributed by atoms with Crippen LogP contribution in [0.25, 0.3) is 11.1 Å². The van der Waals surface area contributed by atoms with Crippen LogP contribution in [0.1, 0.15) is 30.6 Å². The van der Waals surface area contributed by atoms with Gasteiger partial charge in [-0.3, -0.25) is 0 Å². The zero-order valence-electron chi connectivity index (χ0n) is 20.6. The quantitative estimate of drug-likeness (QED) is 0.428. The lowest BCUT2D eigenvalue weighted by Gasteiger charge is -2.30. The molecule has 0 saturated carbocycles. The largest absolute Gasteiger partial charge is 0.507 e. The van der Waals surface area contributed by atoms with E-state index in [1.54, 1.807) is 25.2 Å². The first kappa shape index (κ1) is 26.0. The highest BCUT2D eigenvalue weighted by Gasteiger charge is 2.38. The number of methoxy groups -OCH3 is 1. The number of nitrogens with zero attached hydrogens (tertiary/aromatic N) is 2. The minimum absolute atomic E-state index is 0.0381. The maximum absolute atomic E-state index is 13.9. The van der Waals surface area contributed by atoms with Crippen LogP contribution in [0.15, 0.2) is 65.6 Å². The van der Waals surface area contributed by atoms with Crippen LogP contribution >= 0.6 is 11.6 Å². The van der Waals surface area contributed by atoms with Gasteiger partial charge < -0.3 is 14.7 Å². The van der Waals surface area contributed by atoms with Gasteiger partial charge in [-0.05, 0) is 54.3 Å². The van der Waals surface area contributed by atoms with Crippen LogP contribution < -0.4 is 4.90 Å². The molecule has 9 heteroatoms. The van der Waals surface area contributed by atoms with Crippen LogP contribution in [-0.4, -0.2) is 50.5 Å². The van der Waals surface area contributed by atoms with Gasteiger partial charge in [0.1, 0.15) is 16.2 Å². The number of para-hydroxylation sites is 1. The SMILES string of the molecule is COC(=O)c1cc(-c2cc3c(cc2Cl)N(c2ccccc2)C[C@@H](CC(C)C)N(C)S3(=O)=O)ccc1O. The summed E-state index contributed by atoms with van der Waals surface area (Å²) in [6, 6.07) is 17.0. The van der Waals surface area contributed by atoms with Gasteiger partial charge in [-0.15, -0.1) is 0 Å². The van der Waals surface area contributed by atoms with E-state index in [0.29, 0.717) is 40.7 Å². The number of sulfonamides is 1. The summed E-state index contributed by atoms with van der Waals surface area (Å²) in [7, 11) is -1.05. The lowest BCUT2D eigenvalue weighted by atomic mass is 10.0. The van der Waals surface area contributed by atoms with Crippen LogP contribution in [0.2, 0.25) is 5.02 Å². The van der Waals surface area contributed by atoms with Crippen LogP contribution in [0.4, 0.5) is 11.4 Å². The van der Waals surface area contributed by atoms with E-state index in [0.717, 1.165) is 5.69 Å². The van der Waals surface area contributed by atoms with E-state index in [1.165, 1.54) is 23.5 Å². The Labute approximate surface area is 216 Å². The number of ether oxygens (including phenoxy) is 1. The molecule has 0 aliphatic carbocycles. The Kier molecular flexibility index (Phi) is 7.31. The van der Waals surface area contributed by atoms with Gasteiger partial charge in [-0.2, -0.15) is 4.31 Å². The molecule has 0 aromatic heterocycles. The fourth-order valence-corrected chi connectivity index (χ4v) is 6.38. The number of phenols is 1. The molecule has 1 N–H and O–H groups in total. The first-order valence-electron chi connectivity index (χ1n) is 11.6. The number of fused-ring (bicyclic) bond motifs is 1. The number of benzene rings is 3. The predicted octanol–water partition coefficient (Wildman–Crippen LogP) is 5.69. The molecule has 0 saturated heterocycles. The highest BCUT2D eigenvalue weighted by molar-refractivity contribution is 7.89. The molecular weight excluding hydrogens is 500 g/mol. The van der Waals surface area contributed by atoms with Gasteiger partial charge in [0.15, 0.2) is 0 Å². The van der Waals surface area contributed by atoms with Gasteiger partial charge in [-0.1, -0.05) is 49.7 Å². The van der Waals surface area contributed by atoms with Crippen LogP contribution in [-0.2, 0) is 14.8 Å². The molecule has 7 nitrogen and oxygen atoms in total. The molecule has 3 aromatic rings. The van der Waals surface area contributed by atoms with E-state index >= 15 is 0 Å². The van der Waals surface area contributed by atoms with E-state index in [4.69, 9.17) is 16.3 Å². The maximum atomic E-state index is 13.9. The normalized spacial score (nSPS) is 17.5. The summed E-state index contributed by atoms with van der Waals surface area (Å²) in [4.78, 5) is 14.2. The Morgan fingerprint density at radius 2 is 1.83 bits per heavy atom. The monoisotopic (exact) mass is 528 g/mol. The lowest BCUT2D eigenvalue weighted by Crippen LogP contribution is -2.41. The molecule has 4 rings (SSSR count). The molecule has 0 bridgehead atoms. The summed E-state index contributed by atoms with van der Waals surface area (Å²) < 4.78 is 34.0. The second kappa shape index (κ2) is 10.1. The van der Waals surface area contributed by atoms with Gasteiger partial charge >= 0.3 is 5.97 Å². The maximum Gasteiger partial charge on any atom is 0.341 e. The van der Waals surface area contributed by atoms with Crippen molar-refractivity contribution in [2.24, 2.45) is 5.92 Å². The fourth-order valence-electron chi connectivity index (χ4n) is 4.55. The summed E-state index contributed by atoms with van der Waals surface area (Å²) in [6.45, 7) is 4.61. The minimum atomic E-state index is -3.89. The van der Waals surface area contributed by atoms with Gasteiger partial charge in [0, 0.05) is 30.9 Å². The Morgan fingerprint density at radius 3 is 2.47 bits per heavy atom. The predicted molar refractivity (Wildman–Crippen MR) is 142 cm³/mol. The Morgan fingerprint density at radius 1 is 1.14 bits per heavy atom. The highest BCUT2D eigenvalue weighted by atomic mass is 35.5. The molecule has 0 amide bonds. The van der Waals surface area contributed by atoms with Crippen molar-refractivity contribution < 1.29 is 23.1 Å². The average molecular weight is 529 g/mol. The Balaban J connectivity index is 1.95. The number of carbonyl (C=O) groups is 1. The van der Waals surface area contributed by atoms with Crippen molar-refractivity contribution in [3.63, 3.8) is 0 Å². The number of anilines is 2. The van der Waals surface area contributed by atoms with Crippen molar-refractivity contribution in [3.05, 3.63) is 71.2 Å².